The summed E-state index contributed by atoms with van der Waals surface area (Å²) in [5.41, 5.74) is 0.354. The summed E-state index contributed by atoms with van der Waals surface area (Å²) in [6, 6.07) is 14.1. The average molecular weight is 385 g/mol. The fourth-order valence-corrected chi connectivity index (χ4v) is 3.08. The number of benzene rings is 2. The second kappa shape index (κ2) is 8.75. The van der Waals surface area contributed by atoms with E-state index in [9.17, 15) is 14.7 Å². The molecule has 0 bridgehead atoms. The van der Waals surface area contributed by atoms with Gasteiger partial charge in [-0.1, -0.05) is 24.3 Å². The van der Waals surface area contributed by atoms with Gasteiger partial charge in [0, 0.05) is 6.54 Å². The standard InChI is InChI=1S/C21H23NO6/c1-3-26-17-10-6-7-11-18(17)28-16-9-5-4-8-15(16)20(23)22-12-14(2)27-19(13-22)21(24)25/h4-11,14,19H,3,12-13H2,1-2H3,(H,24,25)/t14-,19?/m1/s1. The van der Waals surface area contributed by atoms with Gasteiger partial charge in [-0.2, -0.15) is 0 Å². The summed E-state index contributed by atoms with van der Waals surface area (Å²) in [5.74, 6) is 0.0811. The highest BCUT2D eigenvalue weighted by Gasteiger charge is 2.33. The van der Waals surface area contributed by atoms with Crippen molar-refractivity contribution in [1.82, 2.24) is 4.90 Å². The molecule has 0 saturated carbocycles. The van der Waals surface area contributed by atoms with Gasteiger partial charge in [-0.3, -0.25) is 4.79 Å². The average Bonchev–Trinajstić information content (AvgIpc) is 2.69. The molecule has 0 radical (unpaired) electrons. The second-order valence-corrected chi connectivity index (χ2v) is 6.46. The van der Waals surface area contributed by atoms with Crippen molar-refractivity contribution in [1.29, 1.82) is 0 Å². The Morgan fingerprint density at radius 3 is 2.39 bits per heavy atom. The fraction of sp³-hybridized carbons (Fsp3) is 0.333. The van der Waals surface area contributed by atoms with E-state index >= 15 is 0 Å². The number of para-hydroxylation sites is 3. The maximum absolute atomic E-state index is 13.1. The first-order chi connectivity index (χ1) is 13.5. The molecular formula is C21H23NO6. The highest BCUT2D eigenvalue weighted by atomic mass is 16.5. The lowest BCUT2D eigenvalue weighted by molar-refractivity contribution is -0.160. The number of ether oxygens (including phenoxy) is 3. The molecule has 1 amide bonds. The first-order valence-electron chi connectivity index (χ1n) is 9.15. The van der Waals surface area contributed by atoms with E-state index < -0.39 is 12.1 Å². The van der Waals surface area contributed by atoms with Crippen LogP contribution in [0.15, 0.2) is 48.5 Å². The molecule has 1 N–H and O–H groups in total. The Morgan fingerprint density at radius 1 is 1.07 bits per heavy atom. The molecule has 2 aromatic rings. The van der Waals surface area contributed by atoms with Crippen molar-refractivity contribution in [2.75, 3.05) is 19.7 Å². The highest BCUT2D eigenvalue weighted by Crippen LogP contribution is 2.33. The largest absolute Gasteiger partial charge is 0.490 e. The molecule has 2 aromatic carbocycles. The van der Waals surface area contributed by atoms with Crippen molar-refractivity contribution < 1.29 is 28.9 Å². The number of morpholine rings is 1. The van der Waals surface area contributed by atoms with E-state index in [0.717, 1.165) is 0 Å². The van der Waals surface area contributed by atoms with Crippen LogP contribution in [0.2, 0.25) is 0 Å². The Labute approximate surface area is 163 Å². The van der Waals surface area contributed by atoms with E-state index in [1.54, 1.807) is 43.3 Å². The van der Waals surface area contributed by atoms with Gasteiger partial charge < -0.3 is 24.2 Å². The zero-order chi connectivity index (χ0) is 20.1. The Balaban J connectivity index is 1.86. The van der Waals surface area contributed by atoms with Crippen LogP contribution in [0, 0.1) is 0 Å². The van der Waals surface area contributed by atoms with Crippen LogP contribution < -0.4 is 9.47 Å². The van der Waals surface area contributed by atoms with Crippen LogP contribution in [-0.2, 0) is 9.53 Å². The second-order valence-electron chi connectivity index (χ2n) is 6.46. The van der Waals surface area contributed by atoms with Gasteiger partial charge >= 0.3 is 5.97 Å². The number of rotatable bonds is 6. The molecule has 7 heteroatoms. The number of carboxylic acids is 1. The third kappa shape index (κ3) is 4.43. The minimum Gasteiger partial charge on any atom is -0.490 e. The number of amides is 1. The van der Waals surface area contributed by atoms with Crippen molar-refractivity contribution in [3.05, 3.63) is 54.1 Å². The van der Waals surface area contributed by atoms with Gasteiger partial charge in [-0.25, -0.2) is 4.79 Å². The monoisotopic (exact) mass is 385 g/mol. The highest BCUT2D eigenvalue weighted by molar-refractivity contribution is 5.97. The Hall–Kier alpha value is -3.06. The van der Waals surface area contributed by atoms with Crippen LogP contribution >= 0.6 is 0 Å². The molecule has 1 heterocycles. The maximum Gasteiger partial charge on any atom is 0.334 e. The zero-order valence-corrected chi connectivity index (χ0v) is 15.8. The summed E-state index contributed by atoms with van der Waals surface area (Å²) in [6.45, 7) is 4.42. The van der Waals surface area contributed by atoms with E-state index in [1.165, 1.54) is 4.90 Å². The molecule has 1 saturated heterocycles. The van der Waals surface area contributed by atoms with Gasteiger partial charge in [0.2, 0.25) is 0 Å². The van der Waals surface area contributed by atoms with Gasteiger partial charge in [0.1, 0.15) is 5.75 Å². The fourth-order valence-electron chi connectivity index (χ4n) is 3.08. The predicted octanol–water partition coefficient (Wildman–Crippen LogP) is 3.19. The smallest absolute Gasteiger partial charge is 0.334 e. The van der Waals surface area contributed by atoms with E-state index in [1.807, 2.05) is 19.1 Å². The van der Waals surface area contributed by atoms with E-state index in [0.29, 0.717) is 36.0 Å². The minimum absolute atomic E-state index is 0.0115. The van der Waals surface area contributed by atoms with Gasteiger partial charge in [0.15, 0.2) is 17.6 Å². The quantitative estimate of drug-likeness (QED) is 0.822. The number of aliphatic carboxylic acids is 1. The zero-order valence-electron chi connectivity index (χ0n) is 15.8. The number of carbonyl (C=O) groups is 2. The summed E-state index contributed by atoms with van der Waals surface area (Å²) in [6.07, 6.45) is -1.41. The van der Waals surface area contributed by atoms with E-state index in [2.05, 4.69) is 0 Å². The van der Waals surface area contributed by atoms with Crippen molar-refractivity contribution in [2.45, 2.75) is 26.1 Å². The molecule has 1 aliphatic heterocycles. The topological polar surface area (TPSA) is 85.3 Å². The lowest BCUT2D eigenvalue weighted by atomic mass is 10.1. The summed E-state index contributed by atoms with van der Waals surface area (Å²) in [7, 11) is 0. The summed E-state index contributed by atoms with van der Waals surface area (Å²) in [5, 5.41) is 9.26. The molecule has 0 spiro atoms. The summed E-state index contributed by atoms with van der Waals surface area (Å²) >= 11 is 0. The number of carboxylic acid groups (broad SMARTS) is 1. The third-order valence-corrected chi connectivity index (χ3v) is 4.31. The van der Waals surface area contributed by atoms with Crippen LogP contribution in [-0.4, -0.2) is 53.8 Å². The molecule has 7 nitrogen and oxygen atoms in total. The van der Waals surface area contributed by atoms with Gasteiger partial charge in [-0.05, 0) is 38.1 Å². The van der Waals surface area contributed by atoms with Crippen LogP contribution in [0.4, 0.5) is 0 Å². The summed E-state index contributed by atoms with van der Waals surface area (Å²) in [4.78, 5) is 25.9. The summed E-state index contributed by atoms with van der Waals surface area (Å²) < 4.78 is 17.0. The van der Waals surface area contributed by atoms with Crippen LogP contribution in [0.25, 0.3) is 0 Å². The van der Waals surface area contributed by atoms with Crippen LogP contribution in [0.1, 0.15) is 24.2 Å². The van der Waals surface area contributed by atoms with Crippen molar-refractivity contribution in [3.63, 3.8) is 0 Å². The van der Waals surface area contributed by atoms with Crippen molar-refractivity contribution >= 4 is 11.9 Å². The predicted molar refractivity (Wildman–Crippen MR) is 102 cm³/mol. The molecule has 1 unspecified atom stereocenters. The molecule has 3 rings (SSSR count). The Morgan fingerprint density at radius 2 is 1.71 bits per heavy atom. The SMILES string of the molecule is CCOc1ccccc1Oc1ccccc1C(=O)N1CC(C(=O)O)O[C@H](C)C1. The third-order valence-electron chi connectivity index (χ3n) is 4.31. The molecule has 1 fully saturated rings. The lowest BCUT2D eigenvalue weighted by Crippen LogP contribution is -2.51. The lowest BCUT2D eigenvalue weighted by Gasteiger charge is -2.35. The van der Waals surface area contributed by atoms with Gasteiger partial charge in [-0.15, -0.1) is 0 Å². The number of hydrogen-bond donors (Lipinski definition) is 1. The molecule has 1 aliphatic rings. The normalized spacial score (nSPS) is 19.1. The number of carbonyl (C=O) groups excluding carboxylic acids is 1. The van der Waals surface area contributed by atoms with Crippen LogP contribution in [0.5, 0.6) is 17.2 Å². The molecule has 0 aromatic heterocycles. The van der Waals surface area contributed by atoms with Crippen molar-refractivity contribution in [2.24, 2.45) is 0 Å². The molecule has 148 valence electrons. The molecule has 2 atom stereocenters. The maximum atomic E-state index is 13.1. The molecular weight excluding hydrogens is 362 g/mol. The van der Waals surface area contributed by atoms with E-state index in [-0.39, 0.29) is 18.6 Å². The Kier molecular flexibility index (Phi) is 6.16. The number of hydrogen-bond acceptors (Lipinski definition) is 5. The van der Waals surface area contributed by atoms with Gasteiger partial charge in [0.05, 0.1) is 24.8 Å². The van der Waals surface area contributed by atoms with Crippen LogP contribution in [0.3, 0.4) is 0 Å². The van der Waals surface area contributed by atoms with E-state index in [4.69, 9.17) is 14.2 Å². The first kappa shape index (κ1) is 19.7. The molecule has 0 aliphatic carbocycles. The number of nitrogens with zero attached hydrogens (tertiary/aromatic N) is 1. The first-order valence-corrected chi connectivity index (χ1v) is 9.15. The van der Waals surface area contributed by atoms with Crippen molar-refractivity contribution in [3.8, 4) is 17.2 Å². The minimum atomic E-state index is -1.08. The molecule has 28 heavy (non-hydrogen) atoms. The Bertz CT molecular complexity index is 852. The van der Waals surface area contributed by atoms with Gasteiger partial charge in [0.25, 0.3) is 5.91 Å².